The predicted octanol–water partition coefficient (Wildman–Crippen LogP) is 4.32. The predicted molar refractivity (Wildman–Crippen MR) is 120 cm³/mol. The van der Waals surface area contributed by atoms with Crippen LogP contribution in [0.5, 0.6) is 11.5 Å². The normalized spacial score (nSPS) is 14.8. The van der Waals surface area contributed by atoms with E-state index in [1.807, 2.05) is 0 Å². The summed E-state index contributed by atoms with van der Waals surface area (Å²) in [6.45, 7) is 1.36. The molecule has 0 atom stereocenters. The summed E-state index contributed by atoms with van der Waals surface area (Å²) in [4.78, 5) is 12.3. The summed E-state index contributed by atoms with van der Waals surface area (Å²) in [7, 11) is -2.09. The lowest BCUT2D eigenvalue weighted by Gasteiger charge is -2.26. The fourth-order valence-corrected chi connectivity index (χ4v) is 5.36. The highest BCUT2D eigenvalue weighted by Crippen LogP contribution is 2.29. The van der Waals surface area contributed by atoms with Gasteiger partial charge in [-0.05, 0) is 61.7 Å². The third-order valence-electron chi connectivity index (χ3n) is 5.02. The second-order valence-electron chi connectivity index (χ2n) is 7.29. The first kappa shape index (κ1) is 23.4. The second kappa shape index (κ2) is 10.8. The molecular formula is C22H27ClN2O5S. The Labute approximate surface area is 188 Å². The zero-order valence-electron chi connectivity index (χ0n) is 17.5. The molecule has 1 aliphatic rings. The lowest BCUT2D eigenvalue weighted by molar-refractivity contribution is -0.116. The smallest absolute Gasteiger partial charge is 0.244 e. The molecule has 1 heterocycles. The van der Waals surface area contributed by atoms with Crippen LogP contribution in [0.25, 0.3) is 0 Å². The lowest BCUT2D eigenvalue weighted by Crippen LogP contribution is -2.35. The van der Waals surface area contributed by atoms with Crippen molar-refractivity contribution < 1.29 is 22.7 Å². The van der Waals surface area contributed by atoms with Crippen LogP contribution in [0.2, 0.25) is 5.02 Å². The standard InChI is InChI=1S/C22H27ClN2O5S/c1-29-18-8-10-19(11-9-18)30-15-5-6-22(26)24-17-7-12-20(23)21(16-17)31(27,28)25-13-3-2-4-14-25/h7-12,16H,2-6,13-15H2,1H3,(H,24,26). The second-order valence-corrected chi connectivity index (χ2v) is 9.60. The molecule has 7 nitrogen and oxygen atoms in total. The Morgan fingerprint density at radius 1 is 1.06 bits per heavy atom. The first-order valence-corrected chi connectivity index (χ1v) is 12.1. The summed E-state index contributed by atoms with van der Waals surface area (Å²) >= 11 is 6.17. The van der Waals surface area contributed by atoms with Gasteiger partial charge >= 0.3 is 0 Å². The molecule has 9 heteroatoms. The number of amides is 1. The van der Waals surface area contributed by atoms with Crippen LogP contribution in [-0.4, -0.2) is 45.4 Å². The zero-order chi connectivity index (χ0) is 22.3. The van der Waals surface area contributed by atoms with Gasteiger partial charge < -0.3 is 14.8 Å². The van der Waals surface area contributed by atoms with Crippen LogP contribution in [0.1, 0.15) is 32.1 Å². The molecule has 2 aromatic rings. The van der Waals surface area contributed by atoms with Gasteiger partial charge in [0.05, 0.1) is 18.7 Å². The minimum atomic E-state index is -3.69. The fraction of sp³-hybridized carbons (Fsp3) is 0.409. The number of anilines is 1. The average molecular weight is 467 g/mol. The van der Waals surface area contributed by atoms with E-state index in [0.29, 0.717) is 37.6 Å². The quantitative estimate of drug-likeness (QED) is 0.556. The first-order chi connectivity index (χ1) is 14.9. The number of carbonyl (C=O) groups is 1. The number of piperidine rings is 1. The summed E-state index contributed by atoms with van der Waals surface area (Å²) in [6, 6.07) is 11.7. The number of ether oxygens (including phenoxy) is 2. The number of methoxy groups -OCH3 is 1. The van der Waals surface area contributed by atoms with E-state index in [1.165, 1.54) is 16.4 Å². The maximum Gasteiger partial charge on any atom is 0.244 e. The van der Waals surface area contributed by atoms with E-state index in [2.05, 4.69) is 5.32 Å². The summed E-state index contributed by atoms with van der Waals surface area (Å²) in [5.74, 6) is 1.23. The molecule has 0 radical (unpaired) electrons. The highest BCUT2D eigenvalue weighted by Gasteiger charge is 2.28. The van der Waals surface area contributed by atoms with Gasteiger partial charge in [-0.3, -0.25) is 4.79 Å². The van der Waals surface area contributed by atoms with Crippen LogP contribution in [0, 0.1) is 0 Å². The van der Waals surface area contributed by atoms with Crippen molar-refractivity contribution in [3.63, 3.8) is 0 Å². The van der Waals surface area contributed by atoms with Gasteiger partial charge in [0.15, 0.2) is 0 Å². The number of halogens is 1. The minimum absolute atomic E-state index is 0.0247. The van der Waals surface area contributed by atoms with E-state index in [4.69, 9.17) is 21.1 Å². The SMILES string of the molecule is COc1ccc(OCCCC(=O)Nc2ccc(Cl)c(S(=O)(=O)N3CCCCC3)c2)cc1. The Hall–Kier alpha value is -2.29. The Kier molecular flexibility index (Phi) is 8.17. The molecule has 0 saturated carbocycles. The molecule has 3 rings (SSSR count). The zero-order valence-corrected chi connectivity index (χ0v) is 19.0. The highest BCUT2D eigenvalue weighted by molar-refractivity contribution is 7.89. The lowest BCUT2D eigenvalue weighted by atomic mass is 10.2. The third kappa shape index (κ3) is 6.35. The van der Waals surface area contributed by atoms with Crippen molar-refractivity contribution in [3.8, 4) is 11.5 Å². The van der Waals surface area contributed by atoms with E-state index in [1.54, 1.807) is 37.4 Å². The molecular weight excluding hydrogens is 440 g/mol. The molecule has 0 aliphatic carbocycles. The van der Waals surface area contributed by atoms with E-state index < -0.39 is 10.0 Å². The molecule has 2 aromatic carbocycles. The monoisotopic (exact) mass is 466 g/mol. The van der Waals surface area contributed by atoms with Gasteiger partial charge in [0.25, 0.3) is 0 Å². The van der Waals surface area contributed by atoms with Crippen molar-refractivity contribution in [1.29, 1.82) is 0 Å². The molecule has 1 amide bonds. The van der Waals surface area contributed by atoms with E-state index in [0.717, 1.165) is 25.0 Å². The number of sulfonamides is 1. The van der Waals surface area contributed by atoms with Crippen molar-refractivity contribution in [1.82, 2.24) is 4.31 Å². The Bertz CT molecular complexity index is 989. The van der Waals surface area contributed by atoms with E-state index in [-0.39, 0.29) is 22.2 Å². The number of carbonyl (C=O) groups excluding carboxylic acids is 1. The number of hydrogen-bond acceptors (Lipinski definition) is 5. The molecule has 0 aromatic heterocycles. The van der Waals surface area contributed by atoms with Gasteiger partial charge in [0.1, 0.15) is 16.4 Å². The number of nitrogens with one attached hydrogen (secondary N) is 1. The van der Waals surface area contributed by atoms with Crippen molar-refractivity contribution in [3.05, 3.63) is 47.5 Å². The van der Waals surface area contributed by atoms with Crippen LogP contribution in [0.4, 0.5) is 5.69 Å². The van der Waals surface area contributed by atoms with Crippen LogP contribution in [-0.2, 0) is 14.8 Å². The van der Waals surface area contributed by atoms with Crippen LogP contribution in [0.15, 0.2) is 47.4 Å². The molecule has 1 N–H and O–H groups in total. The van der Waals surface area contributed by atoms with Crippen molar-refractivity contribution in [2.45, 2.75) is 37.0 Å². The molecule has 31 heavy (non-hydrogen) atoms. The molecule has 168 valence electrons. The summed E-state index contributed by atoms with van der Waals surface area (Å²) in [5, 5.41) is 2.90. The maximum absolute atomic E-state index is 12.9. The van der Waals surface area contributed by atoms with Gasteiger partial charge in [0.2, 0.25) is 15.9 Å². The Morgan fingerprint density at radius 2 is 1.74 bits per heavy atom. The fourth-order valence-electron chi connectivity index (χ4n) is 3.34. The molecule has 1 saturated heterocycles. The van der Waals surface area contributed by atoms with Crippen LogP contribution >= 0.6 is 11.6 Å². The van der Waals surface area contributed by atoms with Gasteiger partial charge in [-0.2, -0.15) is 4.31 Å². The van der Waals surface area contributed by atoms with Gasteiger partial charge in [0, 0.05) is 25.2 Å². The Morgan fingerprint density at radius 3 is 2.42 bits per heavy atom. The summed E-state index contributed by atoms with van der Waals surface area (Å²) in [5.41, 5.74) is 0.404. The number of nitrogens with zero attached hydrogens (tertiary/aromatic N) is 1. The minimum Gasteiger partial charge on any atom is -0.497 e. The summed E-state index contributed by atoms with van der Waals surface area (Å²) < 4.78 is 38.0. The number of benzene rings is 2. The van der Waals surface area contributed by atoms with Gasteiger partial charge in [-0.25, -0.2) is 8.42 Å². The molecule has 0 bridgehead atoms. The number of rotatable bonds is 9. The van der Waals surface area contributed by atoms with Crippen molar-refractivity contribution in [2.24, 2.45) is 0 Å². The first-order valence-electron chi connectivity index (χ1n) is 10.3. The molecule has 1 fully saturated rings. The van der Waals surface area contributed by atoms with Crippen LogP contribution < -0.4 is 14.8 Å². The molecule has 0 unspecified atom stereocenters. The molecule has 0 spiro atoms. The van der Waals surface area contributed by atoms with Crippen molar-refractivity contribution >= 4 is 33.2 Å². The highest BCUT2D eigenvalue weighted by atomic mass is 35.5. The largest absolute Gasteiger partial charge is 0.497 e. The Balaban J connectivity index is 1.53. The van der Waals surface area contributed by atoms with E-state index >= 15 is 0 Å². The topological polar surface area (TPSA) is 84.9 Å². The third-order valence-corrected chi connectivity index (χ3v) is 7.40. The van der Waals surface area contributed by atoms with E-state index in [9.17, 15) is 13.2 Å². The van der Waals surface area contributed by atoms with Gasteiger partial charge in [-0.15, -0.1) is 0 Å². The van der Waals surface area contributed by atoms with Crippen LogP contribution in [0.3, 0.4) is 0 Å². The molecule has 1 aliphatic heterocycles. The van der Waals surface area contributed by atoms with Gasteiger partial charge in [-0.1, -0.05) is 18.0 Å². The maximum atomic E-state index is 12.9. The van der Waals surface area contributed by atoms with Crippen molar-refractivity contribution in [2.75, 3.05) is 32.1 Å². The average Bonchev–Trinajstić information content (AvgIpc) is 2.79. The summed E-state index contributed by atoms with van der Waals surface area (Å²) in [6.07, 6.45) is 3.47. The number of hydrogen-bond donors (Lipinski definition) is 1.